The molecule has 0 amide bonds. The van der Waals surface area contributed by atoms with Crippen LogP contribution >= 0.6 is 0 Å². The first-order valence-electron chi connectivity index (χ1n) is 12.3. The molecule has 0 N–H and O–H groups in total. The average molecular weight is 419 g/mol. The van der Waals surface area contributed by atoms with Gasteiger partial charge in [-0.3, -0.25) is 0 Å². The van der Waals surface area contributed by atoms with E-state index in [1.54, 1.807) is 0 Å². The molecule has 0 aromatic heterocycles. The molecule has 0 aliphatic rings. The summed E-state index contributed by atoms with van der Waals surface area (Å²) in [6.07, 6.45) is 12.3. The molecule has 0 heterocycles. The van der Waals surface area contributed by atoms with Crippen molar-refractivity contribution in [3.63, 3.8) is 0 Å². The minimum atomic E-state index is -2.49. The molecule has 0 spiro atoms. The third-order valence-corrected chi connectivity index (χ3v) is 9.19. The van der Waals surface area contributed by atoms with Crippen LogP contribution in [0.1, 0.15) is 99.3 Å². The molecule has 0 bridgehead atoms. The monoisotopic (exact) mass is 418 g/mol. The van der Waals surface area contributed by atoms with E-state index in [0.29, 0.717) is 19.8 Å². The van der Waals surface area contributed by atoms with Crippen molar-refractivity contribution in [2.75, 3.05) is 46.0 Å². The molecule has 0 fully saturated rings. The fourth-order valence-electron chi connectivity index (χ4n) is 4.18. The fourth-order valence-corrected chi connectivity index (χ4v) is 6.77. The predicted molar refractivity (Wildman–Crippen MR) is 124 cm³/mol. The summed E-state index contributed by atoms with van der Waals surface area (Å²) in [4.78, 5) is 0. The van der Waals surface area contributed by atoms with Crippen molar-refractivity contribution in [2.45, 2.75) is 105 Å². The second-order valence-corrected chi connectivity index (χ2v) is 10.7. The maximum Gasteiger partial charge on any atom is 0.501 e. The van der Waals surface area contributed by atoms with Crippen molar-refractivity contribution in [3.8, 4) is 0 Å². The first kappa shape index (κ1) is 28.1. The number of quaternary nitrogens is 1. The van der Waals surface area contributed by atoms with Gasteiger partial charge in [0.25, 0.3) is 0 Å². The van der Waals surface area contributed by atoms with Gasteiger partial charge in [-0.15, -0.1) is 0 Å². The van der Waals surface area contributed by atoms with Gasteiger partial charge in [0.05, 0.1) is 26.2 Å². The Balaban J connectivity index is 4.41. The molecule has 0 aromatic rings. The summed E-state index contributed by atoms with van der Waals surface area (Å²) in [5.41, 5.74) is 0. The average Bonchev–Trinajstić information content (AvgIpc) is 2.69. The van der Waals surface area contributed by atoms with Crippen LogP contribution in [0.25, 0.3) is 0 Å². The minimum Gasteiger partial charge on any atom is -0.374 e. The Labute approximate surface area is 178 Å². The van der Waals surface area contributed by atoms with E-state index < -0.39 is 8.80 Å². The van der Waals surface area contributed by atoms with E-state index in [1.165, 1.54) is 82.0 Å². The quantitative estimate of drug-likeness (QED) is 0.122. The molecule has 0 rings (SSSR count). The number of nitrogens with zero attached hydrogens (tertiary/aromatic N) is 1. The van der Waals surface area contributed by atoms with Crippen LogP contribution in [-0.4, -0.2) is 59.3 Å². The second kappa shape index (κ2) is 17.9. The number of rotatable bonds is 21. The first-order chi connectivity index (χ1) is 13.6. The van der Waals surface area contributed by atoms with E-state index in [2.05, 4.69) is 20.8 Å². The lowest BCUT2D eigenvalue weighted by molar-refractivity contribution is -0.925. The van der Waals surface area contributed by atoms with Gasteiger partial charge >= 0.3 is 8.80 Å². The number of hydrogen-bond donors (Lipinski definition) is 0. The molecule has 4 nitrogen and oxygen atoms in total. The minimum absolute atomic E-state index is 0.673. The summed E-state index contributed by atoms with van der Waals surface area (Å²) in [5, 5.41) is 0. The zero-order valence-corrected chi connectivity index (χ0v) is 21.2. The third kappa shape index (κ3) is 11.9. The third-order valence-electron chi connectivity index (χ3n) is 6.04. The normalized spacial score (nSPS) is 12.6. The zero-order valence-electron chi connectivity index (χ0n) is 20.2. The van der Waals surface area contributed by atoms with Gasteiger partial charge < -0.3 is 17.8 Å². The molecule has 28 heavy (non-hydrogen) atoms. The highest BCUT2D eigenvalue weighted by Crippen LogP contribution is 2.21. The van der Waals surface area contributed by atoms with Crippen LogP contribution in [0, 0.1) is 0 Å². The van der Waals surface area contributed by atoms with E-state index in [9.17, 15) is 0 Å². The Hall–Kier alpha value is 0.0569. The molecule has 0 saturated heterocycles. The molecule has 0 atom stereocenters. The molecule has 0 aliphatic heterocycles. The molecular formula is C23H52NO3Si+. The lowest BCUT2D eigenvalue weighted by Crippen LogP contribution is -2.51. The Bertz CT molecular complexity index is 321. The Morgan fingerprint density at radius 3 is 1.39 bits per heavy atom. The van der Waals surface area contributed by atoms with Gasteiger partial charge in [0.2, 0.25) is 0 Å². The molecule has 0 saturated carbocycles. The second-order valence-electron chi connectivity index (χ2n) is 7.98. The van der Waals surface area contributed by atoms with Gasteiger partial charge in [0.15, 0.2) is 0 Å². The Morgan fingerprint density at radius 1 is 0.536 bits per heavy atom. The Morgan fingerprint density at radius 2 is 0.964 bits per heavy atom. The predicted octanol–water partition coefficient (Wildman–Crippen LogP) is 6.42. The topological polar surface area (TPSA) is 27.7 Å². The van der Waals surface area contributed by atoms with Gasteiger partial charge in [-0.1, -0.05) is 45.4 Å². The van der Waals surface area contributed by atoms with Gasteiger partial charge in [-0.2, -0.15) is 0 Å². The molecule has 0 radical (unpaired) electrons. The highest BCUT2D eigenvalue weighted by atomic mass is 28.4. The molecule has 0 aromatic carbocycles. The first-order valence-corrected chi connectivity index (χ1v) is 14.3. The van der Waals surface area contributed by atoms with Crippen LogP contribution in [0.15, 0.2) is 0 Å². The summed E-state index contributed by atoms with van der Waals surface area (Å²) in [6, 6.07) is 0.944. The molecule has 5 heteroatoms. The number of unbranched alkanes of at least 4 members (excludes halogenated alkanes) is 7. The van der Waals surface area contributed by atoms with Crippen molar-refractivity contribution >= 4 is 8.80 Å². The van der Waals surface area contributed by atoms with Gasteiger partial charge in [-0.25, -0.2) is 0 Å². The highest BCUT2D eigenvalue weighted by Gasteiger charge is 2.40. The maximum absolute atomic E-state index is 6.03. The lowest BCUT2D eigenvalue weighted by atomic mass is 10.1. The van der Waals surface area contributed by atoms with Crippen molar-refractivity contribution in [2.24, 2.45) is 0 Å². The summed E-state index contributed by atoms with van der Waals surface area (Å²) in [6.45, 7) is 20.1. The van der Waals surface area contributed by atoms with Crippen LogP contribution in [0.5, 0.6) is 0 Å². The number of hydrogen-bond acceptors (Lipinski definition) is 3. The van der Waals surface area contributed by atoms with Crippen LogP contribution in [-0.2, 0) is 13.3 Å². The van der Waals surface area contributed by atoms with E-state index in [-0.39, 0.29) is 0 Å². The van der Waals surface area contributed by atoms with Crippen LogP contribution in [0.3, 0.4) is 0 Å². The van der Waals surface area contributed by atoms with Gasteiger partial charge in [0.1, 0.15) is 0 Å². The maximum atomic E-state index is 6.03. The van der Waals surface area contributed by atoms with Crippen LogP contribution in [0.4, 0.5) is 0 Å². The van der Waals surface area contributed by atoms with Crippen molar-refractivity contribution < 1.29 is 17.8 Å². The van der Waals surface area contributed by atoms with E-state index in [4.69, 9.17) is 13.3 Å². The largest absolute Gasteiger partial charge is 0.501 e. The van der Waals surface area contributed by atoms with Crippen molar-refractivity contribution in [1.29, 1.82) is 0 Å². The van der Waals surface area contributed by atoms with Gasteiger partial charge in [0, 0.05) is 32.3 Å². The summed E-state index contributed by atoms with van der Waals surface area (Å²) in [7, 11) is -2.49. The van der Waals surface area contributed by atoms with E-state index in [0.717, 1.165) is 12.5 Å². The summed E-state index contributed by atoms with van der Waals surface area (Å²) < 4.78 is 19.3. The summed E-state index contributed by atoms with van der Waals surface area (Å²) >= 11 is 0. The zero-order chi connectivity index (χ0) is 21.1. The van der Waals surface area contributed by atoms with Crippen LogP contribution < -0.4 is 0 Å². The highest BCUT2D eigenvalue weighted by molar-refractivity contribution is 6.60. The standard InChI is InChI=1S/C23H52NO3Si/c1-7-13-14-15-16-17-18-19-21-24(8-2,9-3)22-20-23-28(25-10-4,26-11-5)27-12-6/h7-23H2,1-6H3/q+1. The molecular weight excluding hydrogens is 366 g/mol. The van der Waals surface area contributed by atoms with E-state index >= 15 is 0 Å². The van der Waals surface area contributed by atoms with Gasteiger partial charge in [-0.05, 0) is 47.5 Å². The lowest BCUT2D eigenvalue weighted by Gasteiger charge is -2.38. The van der Waals surface area contributed by atoms with Crippen molar-refractivity contribution in [1.82, 2.24) is 0 Å². The molecule has 0 aliphatic carbocycles. The smallest absolute Gasteiger partial charge is 0.374 e. The molecule has 170 valence electrons. The van der Waals surface area contributed by atoms with E-state index in [1.807, 2.05) is 20.8 Å². The van der Waals surface area contributed by atoms with Crippen LogP contribution in [0.2, 0.25) is 6.04 Å². The summed E-state index contributed by atoms with van der Waals surface area (Å²) in [5.74, 6) is 0. The molecule has 0 unspecified atom stereocenters. The SMILES string of the molecule is CCCCCCCCCC[N+](CC)(CC)CCC[Si](OCC)(OCC)OCC. The van der Waals surface area contributed by atoms with Crippen molar-refractivity contribution in [3.05, 3.63) is 0 Å². The fraction of sp³-hybridized carbons (Fsp3) is 1.00. The Kier molecular flexibility index (Phi) is 17.9.